The zero-order chi connectivity index (χ0) is 24.7. The number of ketones is 2. The number of phenolic OH excluding ortho intramolecular Hbond substituents is 2. The van der Waals surface area contributed by atoms with Crippen molar-refractivity contribution in [1.29, 1.82) is 0 Å². The van der Waals surface area contributed by atoms with Gasteiger partial charge in [-0.1, -0.05) is 19.9 Å². The van der Waals surface area contributed by atoms with Crippen LogP contribution in [-0.4, -0.2) is 54.4 Å². The molecule has 3 N–H and O–H groups in total. The maximum Gasteiger partial charge on any atom is 0.200 e. The van der Waals surface area contributed by atoms with Crippen molar-refractivity contribution in [3.8, 4) is 11.5 Å². The van der Waals surface area contributed by atoms with E-state index >= 15 is 0 Å². The minimum Gasteiger partial charge on any atom is -0.508 e. The molecule has 0 unspecified atom stereocenters. The molecule has 8 heteroatoms. The minimum atomic E-state index is -1.75. The summed E-state index contributed by atoms with van der Waals surface area (Å²) in [6.45, 7) is 9.09. The first kappa shape index (κ1) is 24.5. The van der Waals surface area contributed by atoms with Gasteiger partial charge in [0.15, 0.2) is 17.2 Å². The van der Waals surface area contributed by atoms with Crippen molar-refractivity contribution >= 4 is 34.8 Å². The molecule has 4 rings (SSSR count). The van der Waals surface area contributed by atoms with Crippen molar-refractivity contribution in [1.82, 2.24) is 0 Å². The van der Waals surface area contributed by atoms with E-state index in [2.05, 4.69) is 0 Å². The van der Waals surface area contributed by atoms with Crippen LogP contribution in [0.2, 0.25) is 0 Å². The van der Waals surface area contributed by atoms with Crippen LogP contribution in [0.4, 0.5) is 0 Å². The van der Waals surface area contributed by atoms with Crippen molar-refractivity contribution in [2.45, 2.75) is 81.4 Å². The van der Waals surface area contributed by atoms with E-state index in [1.807, 2.05) is 13.8 Å². The zero-order valence-electron chi connectivity index (χ0n) is 19.4. The molecule has 0 saturated heterocycles. The molecule has 0 amide bonds. The topological polar surface area (TPSA) is 104 Å². The predicted molar refractivity (Wildman–Crippen MR) is 125 cm³/mol. The summed E-state index contributed by atoms with van der Waals surface area (Å²) >= 11 is 13.2. The fourth-order valence-electron chi connectivity index (χ4n) is 5.85. The summed E-state index contributed by atoms with van der Waals surface area (Å²) in [5, 5.41) is 30.9. The number of aromatic hydroxyl groups is 2. The molecule has 1 aromatic carbocycles. The highest BCUT2D eigenvalue weighted by molar-refractivity contribution is 6.30. The smallest absolute Gasteiger partial charge is 0.200 e. The lowest BCUT2D eigenvalue weighted by molar-refractivity contribution is -0.152. The molecule has 1 heterocycles. The van der Waals surface area contributed by atoms with Gasteiger partial charge in [-0.05, 0) is 57.4 Å². The quantitative estimate of drug-likeness (QED) is 0.510. The Labute approximate surface area is 203 Å². The van der Waals surface area contributed by atoms with Gasteiger partial charge in [0.1, 0.15) is 11.5 Å². The number of aliphatic hydroxyl groups is 1. The van der Waals surface area contributed by atoms with E-state index in [0.29, 0.717) is 12.8 Å². The van der Waals surface area contributed by atoms with Gasteiger partial charge in [0.25, 0.3) is 0 Å². The van der Waals surface area contributed by atoms with Crippen LogP contribution in [0.3, 0.4) is 0 Å². The molecule has 1 aromatic rings. The minimum absolute atomic E-state index is 0.00444. The largest absolute Gasteiger partial charge is 0.508 e. The molecule has 0 spiro atoms. The maximum absolute atomic E-state index is 14.1. The van der Waals surface area contributed by atoms with E-state index in [0.717, 1.165) is 6.07 Å². The zero-order valence-corrected chi connectivity index (χ0v) is 20.9. The van der Waals surface area contributed by atoms with Crippen LogP contribution in [-0.2, 0) is 4.74 Å². The number of benzene rings is 1. The molecule has 3 aliphatic rings. The highest BCUT2D eigenvalue weighted by Crippen LogP contribution is 2.56. The van der Waals surface area contributed by atoms with Crippen molar-refractivity contribution in [3.63, 3.8) is 0 Å². The molecule has 2 aliphatic carbocycles. The number of ether oxygens (including phenoxy) is 1. The molecule has 0 radical (unpaired) electrons. The van der Waals surface area contributed by atoms with Crippen LogP contribution >= 0.6 is 23.2 Å². The van der Waals surface area contributed by atoms with Crippen LogP contribution in [0.1, 0.15) is 74.6 Å². The maximum atomic E-state index is 14.1. The standard InChI is InChI=1S/C25H30Cl2O6/c1-22(2)16(24(5,32)7-6-17(22)26)11-25-14(10-18(27)23(3,4)33-25)20(30)19-13(21(25)31)8-12(28)9-15(19)29/h8-10,16-18,28-29,32H,6-7,11H2,1-5H3/t16-,17-,18-,24-,25-/m0/s1. The first-order valence-corrected chi connectivity index (χ1v) is 12.0. The first-order valence-electron chi connectivity index (χ1n) is 11.1. The van der Waals surface area contributed by atoms with Gasteiger partial charge >= 0.3 is 0 Å². The van der Waals surface area contributed by atoms with Gasteiger partial charge in [-0.2, -0.15) is 0 Å². The lowest BCUT2D eigenvalue weighted by Crippen LogP contribution is -2.63. The van der Waals surface area contributed by atoms with Gasteiger partial charge in [-0.3, -0.25) is 9.59 Å². The molecule has 6 nitrogen and oxygen atoms in total. The number of hydrogen-bond acceptors (Lipinski definition) is 6. The molecule has 0 bridgehead atoms. The number of phenols is 2. The van der Waals surface area contributed by atoms with Gasteiger partial charge in [-0.25, -0.2) is 0 Å². The summed E-state index contributed by atoms with van der Waals surface area (Å²) < 4.78 is 6.43. The summed E-state index contributed by atoms with van der Waals surface area (Å²) in [4.78, 5) is 27.7. The lowest BCUT2D eigenvalue weighted by Gasteiger charge is -2.55. The van der Waals surface area contributed by atoms with Crippen molar-refractivity contribution in [3.05, 3.63) is 34.9 Å². The Bertz CT molecular complexity index is 1070. The van der Waals surface area contributed by atoms with E-state index in [1.165, 1.54) is 12.1 Å². The second-order valence-corrected chi connectivity index (χ2v) is 12.0. The molecule has 180 valence electrons. The molecule has 1 saturated carbocycles. The Hall–Kier alpha value is -1.60. The van der Waals surface area contributed by atoms with Crippen molar-refractivity contribution in [2.75, 3.05) is 0 Å². The van der Waals surface area contributed by atoms with E-state index in [4.69, 9.17) is 27.9 Å². The number of alkyl halides is 2. The fraction of sp³-hybridized carbons (Fsp3) is 0.600. The Kier molecular flexibility index (Phi) is 5.53. The normalized spacial score (nSPS) is 37.2. The Morgan fingerprint density at radius 1 is 1.09 bits per heavy atom. The van der Waals surface area contributed by atoms with Crippen molar-refractivity contribution < 1.29 is 29.6 Å². The van der Waals surface area contributed by atoms with Gasteiger partial charge < -0.3 is 20.1 Å². The Balaban J connectivity index is 1.97. The summed E-state index contributed by atoms with van der Waals surface area (Å²) in [7, 11) is 0. The number of halogens is 2. The number of rotatable bonds is 2. The number of Topliss-reactive ketones (excluding diaryl/α,β-unsaturated/α-hetero) is 2. The second kappa shape index (κ2) is 7.45. The van der Waals surface area contributed by atoms with Crippen molar-refractivity contribution in [2.24, 2.45) is 11.3 Å². The van der Waals surface area contributed by atoms with Gasteiger partial charge in [0, 0.05) is 22.6 Å². The summed E-state index contributed by atoms with van der Waals surface area (Å²) in [6, 6.07) is 2.20. The molecule has 1 aliphatic heterocycles. The van der Waals surface area contributed by atoms with Gasteiger partial charge in [-0.15, -0.1) is 23.2 Å². The second-order valence-electron chi connectivity index (χ2n) is 11.0. The highest BCUT2D eigenvalue weighted by atomic mass is 35.5. The predicted octanol–water partition coefficient (Wildman–Crippen LogP) is 4.74. The third kappa shape index (κ3) is 3.53. The molecular weight excluding hydrogens is 467 g/mol. The molecule has 33 heavy (non-hydrogen) atoms. The molecule has 0 aromatic heterocycles. The summed E-state index contributed by atoms with van der Waals surface area (Å²) in [5.74, 6) is -2.48. The van der Waals surface area contributed by atoms with Crippen LogP contribution in [0.5, 0.6) is 11.5 Å². The van der Waals surface area contributed by atoms with Gasteiger partial charge in [0.05, 0.1) is 22.1 Å². The average molecular weight is 497 g/mol. The molecule has 5 atom stereocenters. The van der Waals surface area contributed by atoms with E-state index in [9.17, 15) is 24.9 Å². The van der Waals surface area contributed by atoms with E-state index < -0.39 is 50.8 Å². The van der Waals surface area contributed by atoms with E-state index in [1.54, 1.807) is 20.8 Å². The van der Waals surface area contributed by atoms with E-state index in [-0.39, 0.29) is 34.2 Å². The van der Waals surface area contributed by atoms with Crippen LogP contribution in [0.15, 0.2) is 23.8 Å². The Morgan fingerprint density at radius 3 is 2.36 bits per heavy atom. The number of fused-ring (bicyclic) bond motifs is 2. The third-order valence-electron chi connectivity index (χ3n) is 7.89. The third-order valence-corrected chi connectivity index (χ3v) is 9.32. The van der Waals surface area contributed by atoms with Crippen LogP contribution in [0, 0.1) is 11.3 Å². The molecule has 1 fully saturated rings. The fourth-order valence-corrected chi connectivity index (χ4v) is 6.28. The first-order chi connectivity index (χ1) is 15.0. The highest BCUT2D eigenvalue weighted by Gasteiger charge is 2.62. The average Bonchev–Trinajstić information content (AvgIpc) is 2.68. The number of hydrogen-bond donors (Lipinski definition) is 3. The monoisotopic (exact) mass is 496 g/mol. The number of carbonyl (C=O) groups excluding carboxylic acids is 2. The van der Waals surface area contributed by atoms with Crippen LogP contribution in [0.25, 0.3) is 0 Å². The number of carbonyl (C=O) groups is 2. The van der Waals surface area contributed by atoms with Gasteiger partial charge in [0.2, 0.25) is 0 Å². The lowest BCUT2D eigenvalue weighted by atomic mass is 9.56. The molecular formula is C25H30Cl2O6. The summed E-state index contributed by atoms with van der Waals surface area (Å²) in [6.07, 6.45) is 2.58. The Morgan fingerprint density at radius 2 is 1.73 bits per heavy atom. The van der Waals surface area contributed by atoms with Crippen LogP contribution < -0.4 is 0 Å². The summed E-state index contributed by atoms with van der Waals surface area (Å²) in [5.41, 5.74) is -4.76. The SMILES string of the molecule is CC1(C)O[C@]2(C[C@H]3C(C)(C)[C@@H](Cl)CC[C@]3(C)O)C(=O)c3cc(O)cc(O)c3C(=O)C2=C[C@@H]1Cl.